The first-order chi connectivity index (χ1) is 7.68. The topological polar surface area (TPSA) is 20.3 Å². The molecule has 1 aromatic rings. The van der Waals surface area contributed by atoms with Crippen molar-refractivity contribution in [3.05, 3.63) is 35.4 Å². The van der Waals surface area contributed by atoms with Crippen molar-refractivity contribution in [1.82, 2.24) is 4.90 Å². The molecule has 0 spiro atoms. The summed E-state index contributed by atoms with van der Waals surface area (Å²) < 4.78 is 0. The van der Waals surface area contributed by atoms with Crippen molar-refractivity contribution in [1.29, 1.82) is 0 Å². The van der Waals surface area contributed by atoms with E-state index in [9.17, 15) is 4.79 Å². The predicted octanol–water partition coefficient (Wildman–Crippen LogP) is 3.01. The van der Waals surface area contributed by atoms with Crippen molar-refractivity contribution in [2.45, 2.75) is 38.6 Å². The van der Waals surface area contributed by atoms with E-state index in [2.05, 4.69) is 0 Å². The summed E-state index contributed by atoms with van der Waals surface area (Å²) in [4.78, 5) is 14.1. The number of benzene rings is 1. The van der Waals surface area contributed by atoms with Gasteiger partial charge in [0.25, 0.3) is 5.91 Å². The molecule has 0 unspecified atom stereocenters. The molecule has 0 aromatic heterocycles. The van der Waals surface area contributed by atoms with Gasteiger partial charge in [0, 0.05) is 18.7 Å². The highest BCUT2D eigenvalue weighted by Gasteiger charge is 2.23. The molecule has 16 heavy (non-hydrogen) atoms. The second-order valence-electron chi connectivity index (χ2n) is 4.72. The van der Waals surface area contributed by atoms with Crippen LogP contribution in [0.1, 0.15) is 41.6 Å². The molecule has 1 aliphatic carbocycles. The number of carbonyl (C=O) groups is 1. The van der Waals surface area contributed by atoms with Gasteiger partial charge in [-0.15, -0.1) is 0 Å². The zero-order chi connectivity index (χ0) is 11.5. The average Bonchev–Trinajstić information content (AvgIpc) is 2.81. The lowest BCUT2D eigenvalue weighted by molar-refractivity contribution is 0.0735. The monoisotopic (exact) mass is 217 g/mol. The highest BCUT2D eigenvalue weighted by atomic mass is 16.2. The summed E-state index contributed by atoms with van der Waals surface area (Å²) >= 11 is 0. The fraction of sp³-hybridized carbons (Fsp3) is 0.500. The van der Waals surface area contributed by atoms with Crippen LogP contribution in [0.3, 0.4) is 0 Å². The second kappa shape index (κ2) is 4.69. The van der Waals surface area contributed by atoms with Crippen molar-refractivity contribution in [2.24, 2.45) is 0 Å². The van der Waals surface area contributed by atoms with Gasteiger partial charge in [-0.25, -0.2) is 0 Å². The Morgan fingerprint density at radius 3 is 2.31 bits per heavy atom. The van der Waals surface area contributed by atoms with E-state index in [-0.39, 0.29) is 5.91 Å². The molecule has 0 saturated heterocycles. The van der Waals surface area contributed by atoms with Crippen LogP contribution in [-0.2, 0) is 0 Å². The van der Waals surface area contributed by atoms with Crippen LogP contribution >= 0.6 is 0 Å². The summed E-state index contributed by atoms with van der Waals surface area (Å²) in [5, 5.41) is 0. The third-order valence-corrected chi connectivity index (χ3v) is 3.49. The molecule has 0 radical (unpaired) electrons. The molecule has 1 saturated carbocycles. The number of amides is 1. The van der Waals surface area contributed by atoms with Gasteiger partial charge >= 0.3 is 0 Å². The minimum absolute atomic E-state index is 0.159. The van der Waals surface area contributed by atoms with E-state index in [0.29, 0.717) is 6.04 Å². The second-order valence-corrected chi connectivity index (χ2v) is 4.72. The molecule has 0 atom stereocenters. The number of hydrogen-bond acceptors (Lipinski definition) is 1. The number of hydrogen-bond donors (Lipinski definition) is 0. The summed E-state index contributed by atoms with van der Waals surface area (Å²) in [5.74, 6) is 0.159. The van der Waals surface area contributed by atoms with Crippen LogP contribution in [0.15, 0.2) is 24.3 Å². The van der Waals surface area contributed by atoms with Crippen LogP contribution < -0.4 is 0 Å². The lowest BCUT2D eigenvalue weighted by Gasteiger charge is -2.24. The Kier molecular flexibility index (Phi) is 3.28. The highest BCUT2D eigenvalue weighted by molar-refractivity contribution is 5.94. The molecule has 2 heteroatoms. The summed E-state index contributed by atoms with van der Waals surface area (Å²) in [5.41, 5.74) is 2.00. The first-order valence-electron chi connectivity index (χ1n) is 6.02. The Balaban J connectivity index is 2.08. The summed E-state index contributed by atoms with van der Waals surface area (Å²) in [7, 11) is 1.93. The Bertz CT molecular complexity index is 363. The molecule has 0 heterocycles. The zero-order valence-corrected chi connectivity index (χ0v) is 10.1. The van der Waals surface area contributed by atoms with E-state index in [1.807, 2.05) is 43.1 Å². The molecule has 0 N–H and O–H groups in total. The molecule has 1 fully saturated rings. The van der Waals surface area contributed by atoms with Gasteiger partial charge in [-0.05, 0) is 31.9 Å². The van der Waals surface area contributed by atoms with Crippen LogP contribution in [0.2, 0.25) is 0 Å². The average molecular weight is 217 g/mol. The standard InChI is InChI=1S/C14H19NO/c1-11-7-9-12(10-8-11)14(16)15(2)13-5-3-4-6-13/h7-10,13H,3-6H2,1-2H3. The SMILES string of the molecule is Cc1ccc(C(=O)N(C)C2CCCC2)cc1. The summed E-state index contributed by atoms with van der Waals surface area (Å²) in [6.45, 7) is 2.04. The van der Waals surface area contributed by atoms with E-state index < -0.39 is 0 Å². The van der Waals surface area contributed by atoms with Crippen molar-refractivity contribution < 1.29 is 4.79 Å². The first kappa shape index (κ1) is 11.2. The third-order valence-electron chi connectivity index (χ3n) is 3.49. The lowest BCUT2D eigenvalue weighted by Crippen LogP contribution is -2.35. The van der Waals surface area contributed by atoms with E-state index in [1.165, 1.54) is 18.4 Å². The van der Waals surface area contributed by atoms with Crippen LogP contribution in [-0.4, -0.2) is 23.9 Å². The molecule has 2 rings (SSSR count). The molecule has 1 aromatic carbocycles. The van der Waals surface area contributed by atoms with E-state index in [4.69, 9.17) is 0 Å². The molecular weight excluding hydrogens is 198 g/mol. The molecule has 86 valence electrons. The first-order valence-corrected chi connectivity index (χ1v) is 6.02. The van der Waals surface area contributed by atoms with E-state index in [1.54, 1.807) is 0 Å². The Morgan fingerprint density at radius 1 is 1.19 bits per heavy atom. The number of aryl methyl sites for hydroxylation is 1. The van der Waals surface area contributed by atoms with Crippen molar-refractivity contribution in [3.63, 3.8) is 0 Å². The summed E-state index contributed by atoms with van der Waals surface area (Å²) in [6, 6.07) is 8.28. The maximum atomic E-state index is 12.2. The summed E-state index contributed by atoms with van der Waals surface area (Å²) in [6.07, 6.45) is 4.84. The van der Waals surface area contributed by atoms with Crippen LogP contribution in [0.4, 0.5) is 0 Å². The smallest absolute Gasteiger partial charge is 0.253 e. The van der Waals surface area contributed by atoms with Gasteiger partial charge in [-0.3, -0.25) is 4.79 Å². The molecule has 2 nitrogen and oxygen atoms in total. The maximum Gasteiger partial charge on any atom is 0.253 e. The van der Waals surface area contributed by atoms with Crippen LogP contribution in [0.25, 0.3) is 0 Å². The van der Waals surface area contributed by atoms with E-state index >= 15 is 0 Å². The Hall–Kier alpha value is -1.31. The van der Waals surface area contributed by atoms with Gasteiger partial charge in [-0.1, -0.05) is 30.5 Å². The maximum absolute atomic E-state index is 12.2. The predicted molar refractivity (Wildman–Crippen MR) is 65.5 cm³/mol. The number of nitrogens with zero attached hydrogens (tertiary/aromatic N) is 1. The minimum atomic E-state index is 0.159. The van der Waals surface area contributed by atoms with Crippen molar-refractivity contribution in [2.75, 3.05) is 7.05 Å². The quantitative estimate of drug-likeness (QED) is 0.745. The minimum Gasteiger partial charge on any atom is -0.339 e. The Morgan fingerprint density at radius 2 is 1.75 bits per heavy atom. The van der Waals surface area contributed by atoms with Crippen LogP contribution in [0, 0.1) is 6.92 Å². The third kappa shape index (κ3) is 2.26. The van der Waals surface area contributed by atoms with Gasteiger partial charge in [0.1, 0.15) is 0 Å². The van der Waals surface area contributed by atoms with E-state index in [0.717, 1.165) is 18.4 Å². The lowest BCUT2D eigenvalue weighted by atomic mass is 10.1. The van der Waals surface area contributed by atoms with Gasteiger partial charge < -0.3 is 4.90 Å². The van der Waals surface area contributed by atoms with Gasteiger partial charge in [0.05, 0.1) is 0 Å². The van der Waals surface area contributed by atoms with Gasteiger partial charge in [0.15, 0.2) is 0 Å². The van der Waals surface area contributed by atoms with Crippen LogP contribution in [0.5, 0.6) is 0 Å². The van der Waals surface area contributed by atoms with Crippen molar-refractivity contribution in [3.8, 4) is 0 Å². The largest absolute Gasteiger partial charge is 0.339 e. The van der Waals surface area contributed by atoms with Crippen molar-refractivity contribution >= 4 is 5.91 Å². The fourth-order valence-electron chi connectivity index (χ4n) is 2.36. The fourth-order valence-corrected chi connectivity index (χ4v) is 2.36. The highest BCUT2D eigenvalue weighted by Crippen LogP contribution is 2.23. The molecule has 1 aliphatic rings. The molecule has 0 bridgehead atoms. The van der Waals surface area contributed by atoms with Gasteiger partial charge in [0.2, 0.25) is 0 Å². The van der Waals surface area contributed by atoms with Gasteiger partial charge in [-0.2, -0.15) is 0 Å². The molecule has 1 amide bonds. The molecular formula is C14H19NO. The number of carbonyl (C=O) groups excluding carboxylic acids is 1. The Labute approximate surface area is 97.3 Å². The number of rotatable bonds is 2. The normalized spacial score (nSPS) is 16.4. The zero-order valence-electron chi connectivity index (χ0n) is 10.1. The molecule has 0 aliphatic heterocycles.